The van der Waals surface area contributed by atoms with Crippen LogP contribution in [0.1, 0.15) is 47.4 Å². The van der Waals surface area contributed by atoms with Crippen molar-refractivity contribution in [3.8, 4) is 0 Å². The van der Waals surface area contributed by atoms with Gasteiger partial charge in [-0.25, -0.2) is 0 Å². The van der Waals surface area contributed by atoms with E-state index in [1.54, 1.807) is 0 Å². The van der Waals surface area contributed by atoms with E-state index in [0.717, 1.165) is 26.1 Å². The molecule has 0 saturated carbocycles. The Morgan fingerprint density at radius 1 is 1.04 bits per heavy atom. The Hall–Kier alpha value is -2.13. The number of fused-ring (bicyclic) bond motifs is 1. The Morgan fingerprint density at radius 2 is 1.62 bits per heavy atom. The summed E-state index contributed by atoms with van der Waals surface area (Å²) in [5.74, 6) is 2.20. The van der Waals surface area contributed by atoms with Gasteiger partial charge in [-0.05, 0) is 53.6 Å². The fourth-order valence-electron chi connectivity index (χ4n) is 5.23. The highest BCUT2D eigenvalue weighted by molar-refractivity contribution is 5.78. The van der Waals surface area contributed by atoms with Crippen LogP contribution in [0.25, 0.3) is 0 Å². The zero-order valence-electron chi connectivity index (χ0n) is 15.2. The summed E-state index contributed by atoms with van der Waals surface area (Å²) in [6, 6.07) is 17.8. The molecule has 3 heteroatoms. The molecule has 2 unspecified atom stereocenters. The maximum atomic E-state index is 12.6. The number of carbonyl (C=O) groups is 1. The summed E-state index contributed by atoms with van der Waals surface area (Å²) >= 11 is 0. The molecule has 1 saturated heterocycles. The fraction of sp³-hybridized carbons (Fsp3) is 0.435. The largest absolute Gasteiger partial charge is 0.356 e. The minimum absolute atomic E-state index is 0.108. The SMILES string of the molecule is CC(C(=O)NCC1CC2c3ccccc3C1c1ccccc12)C1CNC1. The van der Waals surface area contributed by atoms with Crippen molar-refractivity contribution in [2.75, 3.05) is 19.6 Å². The molecule has 0 aromatic heterocycles. The summed E-state index contributed by atoms with van der Waals surface area (Å²) in [6.45, 7) is 4.80. The third-order valence-corrected chi connectivity index (χ3v) is 6.90. The number of amides is 1. The molecule has 3 aliphatic carbocycles. The monoisotopic (exact) mass is 346 g/mol. The summed E-state index contributed by atoms with van der Waals surface area (Å²) in [6.07, 6.45) is 1.14. The molecule has 134 valence electrons. The Bertz CT molecular complexity index is 794. The van der Waals surface area contributed by atoms with Crippen LogP contribution >= 0.6 is 0 Å². The smallest absolute Gasteiger partial charge is 0.223 e. The van der Waals surface area contributed by atoms with E-state index >= 15 is 0 Å². The Kier molecular flexibility index (Phi) is 3.86. The lowest BCUT2D eigenvalue weighted by Gasteiger charge is -2.45. The quantitative estimate of drug-likeness (QED) is 0.892. The molecule has 0 spiro atoms. The molecule has 2 aromatic carbocycles. The van der Waals surface area contributed by atoms with Crippen LogP contribution in [0.5, 0.6) is 0 Å². The zero-order chi connectivity index (χ0) is 17.7. The average molecular weight is 346 g/mol. The maximum absolute atomic E-state index is 12.6. The molecule has 2 atom stereocenters. The van der Waals surface area contributed by atoms with Gasteiger partial charge in [0.25, 0.3) is 0 Å². The molecule has 2 bridgehead atoms. The zero-order valence-corrected chi connectivity index (χ0v) is 15.2. The van der Waals surface area contributed by atoms with Crippen LogP contribution in [-0.2, 0) is 4.79 Å². The first-order valence-corrected chi connectivity index (χ1v) is 9.90. The second-order valence-electron chi connectivity index (χ2n) is 8.24. The summed E-state index contributed by atoms with van der Waals surface area (Å²) in [5, 5.41) is 6.55. The standard InChI is InChI=1S/C23H26N2O/c1-14(16-11-24-12-16)23(26)25-13-15-10-21-17-6-2-4-8-19(17)22(15)20-9-5-3-7-18(20)21/h2-9,14-16,21-22,24H,10-13H2,1H3,(H,25,26). The maximum Gasteiger partial charge on any atom is 0.223 e. The summed E-state index contributed by atoms with van der Waals surface area (Å²) in [5.41, 5.74) is 5.93. The highest BCUT2D eigenvalue weighted by atomic mass is 16.1. The van der Waals surface area contributed by atoms with E-state index in [0.29, 0.717) is 23.7 Å². The van der Waals surface area contributed by atoms with Gasteiger partial charge >= 0.3 is 0 Å². The number of nitrogens with one attached hydrogen (secondary N) is 2. The van der Waals surface area contributed by atoms with Crippen molar-refractivity contribution in [2.24, 2.45) is 17.8 Å². The van der Waals surface area contributed by atoms with Gasteiger partial charge in [-0.1, -0.05) is 55.5 Å². The van der Waals surface area contributed by atoms with Crippen LogP contribution in [0.4, 0.5) is 0 Å². The average Bonchev–Trinajstić information content (AvgIpc) is 2.65. The van der Waals surface area contributed by atoms with Gasteiger partial charge in [-0.15, -0.1) is 0 Å². The van der Waals surface area contributed by atoms with Crippen molar-refractivity contribution < 1.29 is 4.79 Å². The second-order valence-corrected chi connectivity index (χ2v) is 8.24. The lowest BCUT2D eigenvalue weighted by Crippen LogP contribution is -2.50. The lowest BCUT2D eigenvalue weighted by molar-refractivity contribution is -0.126. The van der Waals surface area contributed by atoms with Crippen molar-refractivity contribution in [1.82, 2.24) is 10.6 Å². The number of benzene rings is 2. The molecule has 2 aromatic rings. The van der Waals surface area contributed by atoms with E-state index in [1.165, 1.54) is 22.3 Å². The first-order chi connectivity index (χ1) is 12.7. The van der Waals surface area contributed by atoms with Gasteiger partial charge in [0, 0.05) is 24.3 Å². The molecule has 1 fully saturated rings. The molecule has 4 aliphatic rings. The van der Waals surface area contributed by atoms with Crippen LogP contribution in [0.2, 0.25) is 0 Å². The topological polar surface area (TPSA) is 41.1 Å². The first-order valence-electron chi connectivity index (χ1n) is 9.90. The van der Waals surface area contributed by atoms with Crippen molar-refractivity contribution in [3.05, 3.63) is 70.8 Å². The molecule has 1 aliphatic heterocycles. The third-order valence-electron chi connectivity index (χ3n) is 6.90. The van der Waals surface area contributed by atoms with Gasteiger partial charge in [-0.3, -0.25) is 4.79 Å². The molecule has 1 heterocycles. The molecular formula is C23H26N2O. The van der Waals surface area contributed by atoms with Crippen LogP contribution in [0.15, 0.2) is 48.5 Å². The Balaban J connectivity index is 1.39. The van der Waals surface area contributed by atoms with Crippen LogP contribution in [0.3, 0.4) is 0 Å². The van der Waals surface area contributed by atoms with E-state index < -0.39 is 0 Å². The number of carbonyl (C=O) groups excluding carboxylic acids is 1. The Morgan fingerprint density at radius 3 is 2.15 bits per heavy atom. The van der Waals surface area contributed by atoms with E-state index in [1.807, 2.05) is 0 Å². The third kappa shape index (κ3) is 2.41. The normalized spacial score (nSPS) is 27.2. The minimum Gasteiger partial charge on any atom is -0.356 e. The van der Waals surface area contributed by atoms with E-state index in [2.05, 4.69) is 66.1 Å². The highest BCUT2D eigenvalue weighted by Crippen LogP contribution is 2.55. The summed E-state index contributed by atoms with van der Waals surface area (Å²) in [4.78, 5) is 12.6. The highest BCUT2D eigenvalue weighted by Gasteiger charge is 2.43. The van der Waals surface area contributed by atoms with Gasteiger partial charge in [0.15, 0.2) is 0 Å². The molecule has 6 rings (SSSR count). The van der Waals surface area contributed by atoms with Gasteiger partial charge in [0.1, 0.15) is 0 Å². The van der Waals surface area contributed by atoms with Crippen molar-refractivity contribution in [2.45, 2.75) is 25.2 Å². The fourth-order valence-corrected chi connectivity index (χ4v) is 5.23. The van der Waals surface area contributed by atoms with Gasteiger partial charge in [0.05, 0.1) is 0 Å². The predicted octanol–water partition coefficient (Wildman–Crippen LogP) is 3.26. The van der Waals surface area contributed by atoms with Crippen LogP contribution < -0.4 is 10.6 Å². The molecule has 0 radical (unpaired) electrons. The minimum atomic E-state index is 0.108. The second kappa shape index (κ2) is 6.24. The number of hydrogen-bond acceptors (Lipinski definition) is 2. The van der Waals surface area contributed by atoms with Crippen LogP contribution in [0, 0.1) is 17.8 Å². The lowest BCUT2D eigenvalue weighted by atomic mass is 9.59. The van der Waals surface area contributed by atoms with Crippen molar-refractivity contribution >= 4 is 5.91 Å². The van der Waals surface area contributed by atoms with Gasteiger partial charge < -0.3 is 10.6 Å². The van der Waals surface area contributed by atoms with E-state index in [9.17, 15) is 4.79 Å². The van der Waals surface area contributed by atoms with E-state index in [-0.39, 0.29) is 11.8 Å². The summed E-state index contributed by atoms with van der Waals surface area (Å²) in [7, 11) is 0. The molecular weight excluding hydrogens is 320 g/mol. The molecule has 3 nitrogen and oxygen atoms in total. The molecule has 2 N–H and O–H groups in total. The van der Waals surface area contributed by atoms with Gasteiger partial charge in [0.2, 0.25) is 5.91 Å². The first kappa shape index (κ1) is 16.1. The van der Waals surface area contributed by atoms with Gasteiger partial charge in [-0.2, -0.15) is 0 Å². The summed E-state index contributed by atoms with van der Waals surface area (Å²) < 4.78 is 0. The van der Waals surface area contributed by atoms with E-state index in [4.69, 9.17) is 0 Å². The van der Waals surface area contributed by atoms with Crippen molar-refractivity contribution in [3.63, 3.8) is 0 Å². The van der Waals surface area contributed by atoms with Crippen LogP contribution in [-0.4, -0.2) is 25.5 Å². The van der Waals surface area contributed by atoms with Crippen molar-refractivity contribution in [1.29, 1.82) is 0 Å². The predicted molar refractivity (Wildman–Crippen MR) is 103 cm³/mol. The number of hydrogen-bond donors (Lipinski definition) is 2. The number of rotatable bonds is 4. The Labute approximate surface area is 155 Å². The molecule has 1 amide bonds. The molecule has 26 heavy (non-hydrogen) atoms.